The van der Waals surface area contributed by atoms with E-state index in [9.17, 15) is 18.0 Å². The number of nitrogens with zero attached hydrogens (tertiary/aromatic N) is 2. The van der Waals surface area contributed by atoms with E-state index in [1.165, 1.54) is 11.0 Å². The Kier molecular flexibility index (Phi) is 11.2. The Labute approximate surface area is 248 Å². The van der Waals surface area contributed by atoms with Gasteiger partial charge < -0.3 is 15.0 Å². The fourth-order valence-electron chi connectivity index (χ4n) is 4.29. The number of aryl methyl sites for hydroxylation is 1. The van der Waals surface area contributed by atoms with Crippen LogP contribution in [-0.4, -0.2) is 57.6 Å². The topological polar surface area (TPSA) is 96.0 Å². The monoisotopic (exact) mass is 599 g/mol. The second-order valence-electron chi connectivity index (χ2n) is 10.4. The number of hydrogen-bond acceptors (Lipinski definition) is 5. The lowest BCUT2D eigenvalue weighted by Crippen LogP contribution is -2.53. The van der Waals surface area contributed by atoms with Crippen molar-refractivity contribution in [3.05, 3.63) is 94.5 Å². The Morgan fingerprint density at radius 2 is 1.66 bits per heavy atom. The van der Waals surface area contributed by atoms with Gasteiger partial charge >= 0.3 is 0 Å². The van der Waals surface area contributed by atoms with Crippen LogP contribution < -0.4 is 14.4 Å². The molecule has 0 aliphatic carbocycles. The zero-order chi connectivity index (χ0) is 30.2. The quantitative estimate of drug-likeness (QED) is 0.303. The molecule has 0 aliphatic rings. The molecule has 0 aliphatic heterocycles. The number of halogens is 1. The smallest absolute Gasteiger partial charge is 0.244 e. The van der Waals surface area contributed by atoms with E-state index in [0.29, 0.717) is 17.3 Å². The van der Waals surface area contributed by atoms with Crippen molar-refractivity contribution in [2.45, 2.75) is 39.8 Å². The third-order valence-electron chi connectivity index (χ3n) is 6.57. The Morgan fingerprint density at radius 3 is 2.27 bits per heavy atom. The van der Waals surface area contributed by atoms with Crippen molar-refractivity contribution in [3.8, 4) is 5.75 Å². The van der Waals surface area contributed by atoms with Crippen LogP contribution in [0, 0.1) is 12.8 Å². The van der Waals surface area contributed by atoms with Gasteiger partial charge in [-0.3, -0.25) is 13.9 Å². The van der Waals surface area contributed by atoms with Gasteiger partial charge in [0.25, 0.3) is 0 Å². The van der Waals surface area contributed by atoms with Crippen LogP contribution in [0.3, 0.4) is 0 Å². The summed E-state index contributed by atoms with van der Waals surface area (Å²) in [6, 6.07) is 20.6. The number of benzene rings is 3. The summed E-state index contributed by atoms with van der Waals surface area (Å²) in [5, 5.41) is 3.35. The largest absolute Gasteiger partial charge is 0.497 e. The van der Waals surface area contributed by atoms with Gasteiger partial charge in [0, 0.05) is 24.5 Å². The average molecular weight is 600 g/mol. The van der Waals surface area contributed by atoms with Crippen molar-refractivity contribution in [2.24, 2.45) is 5.92 Å². The number of amides is 2. The summed E-state index contributed by atoms with van der Waals surface area (Å²) in [5.74, 6) is -0.0460. The summed E-state index contributed by atoms with van der Waals surface area (Å²) in [4.78, 5) is 29.3. The number of nitrogens with one attached hydrogen (secondary N) is 1. The van der Waals surface area contributed by atoms with Crippen LogP contribution in [0.25, 0.3) is 0 Å². The SMILES string of the molecule is COc1cccc(CN(C(=O)CN(c2ccc(C)c(Cl)c2)S(C)(=O)=O)C(Cc2ccccc2)C(=O)NCC(C)C)c1. The molecule has 2 amide bonds. The number of hydrogen-bond donors (Lipinski definition) is 1. The molecular weight excluding hydrogens is 562 g/mol. The van der Waals surface area contributed by atoms with Gasteiger partial charge in [0.05, 0.1) is 19.1 Å². The van der Waals surface area contributed by atoms with Crippen LogP contribution in [-0.2, 0) is 32.6 Å². The molecule has 0 bridgehead atoms. The summed E-state index contributed by atoms with van der Waals surface area (Å²) >= 11 is 6.30. The third kappa shape index (κ3) is 9.23. The van der Waals surface area contributed by atoms with Crippen LogP contribution in [0.1, 0.15) is 30.5 Å². The van der Waals surface area contributed by atoms with Gasteiger partial charge in [-0.1, -0.05) is 74.0 Å². The predicted molar refractivity (Wildman–Crippen MR) is 164 cm³/mol. The molecule has 1 atom stereocenters. The van der Waals surface area contributed by atoms with Crippen LogP contribution in [0.4, 0.5) is 5.69 Å². The molecule has 0 spiro atoms. The number of anilines is 1. The zero-order valence-electron chi connectivity index (χ0n) is 24.1. The first-order valence-electron chi connectivity index (χ1n) is 13.4. The summed E-state index contributed by atoms with van der Waals surface area (Å²) in [5.41, 5.74) is 2.64. The maximum Gasteiger partial charge on any atom is 0.244 e. The van der Waals surface area contributed by atoms with E-state index in [1.807, 2.05) is 57.2 Å². The molecule has 0 saturated heterocycles. The molecule has 1 unspecified atom stereocenters. The number of carbonyl (C=O) groups excluding carboxylic acids is 2. The molecule has 1 N–H and O–H groups in total. The van der Waals surface area contributed by atoms with Crippen molar-refractivity contribution in [3.63, 3.8) is 0 Å². The van der Waals surface area contributed by atoms with Crippen molar-refractivity contribution < 1.29 is 22.7 Å². The zero-order valence-corrected chi connectivity index (χ0v) is 25.7. The van der Waals surface area contributed by atoms with Crippen molar-refractivity contribution >= 4 is 39.1 Å². The van der Waals surface area contributed by atoms with Crippen molar-refractivity contribution in [1.29, 1.82) is 0 Å². The normalized spacial score (nSPS) is 12.1. The lowest BCUT2D eigenvalue weighted by atomic mass is 10.0. The summed E-state index contributed by atoms with van der Waals surface area (Å²) < 4.78 is 32.2. The average Bonchev–Trinajstić information content (AvgIpc) is 2.93. The second kappa shape index (κ2) is 14.4. The molecule has 3 aromatic rings. The summed E-state index contributed by atoms with van der Waals surface area (Å²) in [6.07, 6.45) is 1.28. The number of sulfonamides is 1. The number of rotatable bonds is 13. The molecule has 10 heteroatoms. The highest BCUT2D eigenvalue weighted by molar-refractivity contribution is 7.92. The number of methoxy groups -OCH3 is 1. The van der Waals surface area contributed by atoms with Crippen molar-refractivity contribution in [2.75, 3.05) is 30.8 Å². The highest BCUT2D eigenvalue weighted by Crippen LogP contribution is 2.26. The van der Waals surface area contributed by atoms with E-state index < -0.39 is 28.5 Å². The highest BCUT2D eigenvalue weighted by atomic mass is 35.5. The molecule has 0 saturated carbocycles. The first kappa shape index (κ1) is 32.0. The number of ether oxygens (including phenoxy) is 1. The fourth-order valence-corrected chi connectivity index (χ4v) is 5.31. The van der Waals surface area contributed by atoms with Gasteiger partial charge in [-0.2, -0.15) is 0 Å². The van der Waals surface area contributed by atoms with E-state index in [-0.39, 0.29) is 30.5 Å². The highest BCUT2D eigenvalue weighted by Gasteiger charge is 2.33. The Balaban J connectivity index is 2.07. The van der Waals surface area contributed by atoms with Crippen LogP contribution >= 0.6 is 11.6 Å². The molecule has 0 radical (unpaired) electrons. The van der Waals surface area contributed by atoms with Gasteiger partial charge in [0.15, 0.2) is 0 Å². The van der Waals surface area contributed by atoms with Crippen molar-refractivity contribution in [1.82, 2.24) is 10.2 Å². The van der Waals surface area contributed by atoms with Crippen LogP contribution in [0.2, 0.25) is 5.02 Å². The maximum absolute atomic E-state index is 14.1. The van der Waals surface area contributed by atoms with Crippen LogP contribution in [0.5, 0.6) is 5.75 Å². The molecule has 0 heterocycles. The molecule has 3 aromatic carbocycles. The Bertz CT molecular complexity index is 1450. The first-order valence-corrected chi connectivity index (χ1v) is 15.6. The lowest BCUT2D eigenvalue weighted by molar-refractivity contribution is -0.140. The van der Waals surface area contributed by atoms with E-state index in [1.54, 1.807) is 37.4 Å². The summed E-state index contributed by atoms with van der Waals surface area (Å²) in [6.45, 7) is 5.77. The van der Waals surface area contributed by atoms with E-state index >= 15 is 0 Å². The van der Waals surface area contributed by atoms with Gasteiger partial charge in [0.2, 0.25) is 21.8 Å². The minimum Gasteiger partial charge on any atom is -0.497 e. The molecular formula is C31H38ClN3O5S. The second-order valence-corrected chi connectivity index (χ2v) is 12.7. The van der Waals surface area contributed by atoms with Crippen LogP contribution in [0.15, 0.2) is 72.8 Å². The lowest BCUT2D eigenvalue weighted by Gasteiger charge is -2.33. The molecule has 3 rings (SSSR count). The Morgan fingerprint density at radius 1 is 0.976 bits per heavy atom. The molecule has 8 nitrogen and oxygen atoms in total. The third-order valence-corrected chi connectivity index (χ3v) is 8.11. The van der Waals surface area contributed by atoms with E-state index in [4.69, 9.17) is 16.3 Å². The molecule has 41 heavy (non-hydrogen) atoms. The van der Waals surface area contributed by atoms with E-state index in [0.717, 1.165) is 27.3 Å². The van der Waals surface area contributed by atoms with E-state index in [2.05, 4.69) is 5.32 Å². The number of carbonyl (C=O) groups is 2. The first-order chi connectivity index (χ1) is 19.4. The standard InChI is InChI=1S/C31H38ClN3O5S/c1-22(2)19-33-31(37)29(17-24-10-7-6-8-11-24)34(20-25-12-9-13-27(16-25)40-4)30(36)21-35(41(5,38)39)26-15-14-23(3)28(32)18-26/h6-16,18,22,29H,17,19-21H2,1-5H3,(H,33,37). The summed E-state index contributed by atoms with van der Waals surface area (Å²) in [7, 11) is -2.33. The van der Waals surface area contributed by atoms with Gasteiger partial charge in [0.1, 0.15) is 18.3 Å². The van der Waals surface area contributed by atoms with Gasteiger partial charge in [-0.15, -0.1) is 0 Å². The van der Waals surface area contributed by atoms with Gasteiger partial charge in [-0.25, -0.2) is 8.42 Å². The molecule has 0 aromatic heterocycles. The Hall–Kier alpha value is -3.56. The molecule has 0 fully saturated rings. The minimum absolute atomic E-state index is 0.0644. The molecule has 220 valence electrons. The minimum atomic E-state index is -3.88. The predicted octanol–water partition coefficient (Wildman–Crippen LogP) is 4.84. The van der Waals surface area contributed by atoms with Gasteiger partial charge in [-0.05, 0) is 53.8 Å². The fraction of sp³-hybridized carbons (Fsp3) is 0.355. The maximum atomic E-state index is 14.1.